The molecule has 4 nitrogen and oxygen atoms in total. The molecule has 1 aliphatic rings. The van der Waals surface area contributed by atoms with E-state index in [0.29, 0.717) is 16.3 Å². The summed E-state index contributed by atoms with van der Waals surface area (Å²) in [7, 11) is 0. The van der Waals surface area contributed by atoms with Crippen molar-refractivity contribution in [1.82, 2.24) is 4.90 Å². The third kappa shape index (κ3) is 3.74. The topological polar surface area (TPSA) is 46.6 Å². The molecule has 1 saturated heterocycles. The van der Waals surface area contributed by atoms with Gasteiger partial charge < -0.3 is 9.64 Å². The number of hydrogen-bond acceptors (Lipinski definition) is 4. The van der Waals surface area contributed by atoms with Crippen molar-refractivity contribution >= 4 is 35.2 Å². The molecule has 0 bridgehead atoms. The summed E-state index contributed by atoms with van der Waals surface area (Å²) in [5.41, 5.74) is 2.37. The minimum atomic E-state index is -0.615. The van der Waals surface area contributed by atoms with E-state index in [-0.39, 0.29) is 23.9 Å². The molecule has 26 heavy (non-hydrogen) atoms. The zero-order valence-electron chi connectivity index (χ0n) is 14.6. The molecule has 1 aliphatic heterocycles. The number of carbonyl (C=O) groups is 2. The van der Waals surface area contributed by atoms with Gasteiger partial charge in [-0.25, -0.2) is 4.79 Å². The first-order chi connectivity index (χ1) is 12.5. The summed E-state index contributed by atoms with van der Waals surface area (Å²) in [6.07, 6.45) is 0. The number of ether oxygens (including phenoxy) is 1. The van der Waals surface area contributed by atoms with Crippen molar-refractivity contribution in [3.63, 3.8) is 0 Å². The number of nitrogens with zero attached hydrogens (tertiary/aromatic N) is 1. The predicted octanol–water partition coefficient (Wildman–Crippen LogP) is 4.47. The Bertz CT molecular complexity index is 826. The SMILES string of the molecule is CCOC(=O)C1CSC(c2cccc(Cl)c2)N1C(=O)c1ccccc1C. The lowest BCUT2D eigenvalue weighted by Gasteiger charge is -2.29. The predicted molar refractivity (Wildman–Crippen MR) is 104 cm³/mol. The normalized spacial score (nSPS) is 19.4. The highest BCUT2D eigenvalue weighted by molar-refractivity contribution is 7.99. The quantitative estimate of drug-likeness (QED) is 0.724. The molecule has 0 spiro atoms. The largest absolute Gasteiger partial charge is 0.464 e. The molecule has 3 rings (SSSR count). The van der Waals surface area contributed by atoms with Crippen molar-refractivity contribution in [2.45, 2.75) is 25.3 Å². The van der Waals surface area contributed by atoms with Gasteiger partial charge in [-0.1, -0.05) is 41.9 Å². The van der Waals surface area contributed by atoms with Gasteiger partial charge in [-0.2, -0.15) is 0 Å². The van der Waals surface area contributed by atoms with Gasteiger partial charge in [0, 0.05) is 16.3 Å². The molecule has 0 N–H and O–H groups in total. The fraction of sp³-hybridized carbons (Fsp3) is 0.300. The molecule has 2 aromatic rings. The molecule has 0 saturated carbocycles. The highest BCUT2D eigenvalue weighted by Crippen LogP contribution is 2.43. The van der Waals surface area contributed by atoms with E-state index in [0.717, 1.165) is 11.1 Å². The smallest absolute Gasteiger partial charge is 0.329 e. The Morgan fingerprint density at radius 2 is 2.00 bits per heavy atom. The molecular weight excluding hydrogens is 370 g/mol. The van der Waals surface area contributed by atoms with Gasteiger partial charge >= 0.3 is 5.97 Å². The van der Waals surface area contributed by atoms with E-state index < -0.39 is 6.04 Å². The molecule has 1 amide bonds. The van der Waals surface area contributed by atoms with Crippen LogP contribution in [0.5, 0.6) is 0 Å². The lowest BCUT2D eigenvalue weighted by atomic mass is 10.1. The molecule has 2 unspecified atom stereocenters. The van der Waals surface area contributed by atoms with E-state index in [1.54, 1.807) is 35.7 Å². The number of benzene rings is 2. The van der Waals surface area contributed by atoms with Crippen LogP contribution in [0.2, 0.25) is 5.02 Å². The minimum absolute atomic E-state index is 0.170. The first-order valence-corrected chi connectivity index (χ1v) is 9.87. The van der Waals surface area contributed by atoms with Gasteiger partial charge in [-0.3, -0.25) is 4.79 Å². The van der Waals surface area contributed by atoms with E-state index in [2.05, 4.69) is 0 Å². The van der Waals surface area contributed by atoms with Crippen molar-refractivity contribution in [3.8, 4) is 0 Å². The van der Waals surface area contributed by atoms with Crippen molar-refractivity contribution in [2.24, 2.45) is 0 Å². The lowest BCUT2D eigenvalue weighted by Crippen LogP contribution is -2.44. The first kappa shape index (κ1) is 18.8. The Morgan fingerprint density at radius 1 is 1.23 bits per heavy atom. The Morgan fingerprint density at radius 3 is 2.69 bits per heavy atom. The highest BCUT2D eigenvalue weighted by Gasteiger charge is 2.43. The molecule has 2 aromatic carbocycles. The van der Waals surface area contributed by atoms with Crippen LogP contribution in [0.25, 0.3) is 0 Å². The van der Waals surface area contributed by atoms with Crippen LogP contribution in [0.3, 0.4) is 0 Å². The fourth-order valence-corrected chi connectivity index (χ4v) is 4.65. The fourth-order valence-electron chi connectivity index (χ4n) is 3.04. The molecule has 0 aromatic heterocycles. The summed E-state index contributed by atoms with van der Waals surface area (Å²) in [5.74, 6) is -0.0456. The molecule has 0 aliphatic carbocycles. The number of aryl methyl sites for hydroxylation is 1. The zero-order chi connectivity index (χ0) is 18.7. The molecule has 6 heteroatoms. The van der Waals surface area contributed by atoms with Crippen molar-refractivity contribution in [2.75, 3.05) is 12.4 Å². The molecule has 1 fully saturated rings. The number of carbonyl (C=O) groups excluding carboxylic acids is 2. The van der Waals surface area contributed by atoms with E-state index in [1.165, 1.54) is 0 Å². The third-order valence-corrected chi connectivity index (χ3v) is 5.86. The van der Waals surface area contributed by atoms with Gasteiger partial charge in [0.25, 0.3) is 5.91 Å². The van der Waals surface area contributed by atoms with Crippen molar-refractivity contribution in [1.29, 1.82) is 0 Å². The Hall–Kier alpha value is -1.98. The highest BCUT2D eigenvalue weighted by atomic mass is 35.5. The average molecular weight is 390 g/mol. The summed E-state index contributed by atoms with van der Waals surface area (Å²) in [6.45, 7) is 3.94. The first-order valence-electron chi connectivity index (χ1n) is 8.45. The van der Waals surface area contributed by atoms with Crippen molar-refractivity contribution in [3.05, 3.63) is 70.2 Å². The van der Waals surface area contributed by atoms with Crippen LogP contribution in [-0.4, -0.2) is 35.2 Å². The Kier molecular flexibility index (Phi) is 5.89. The monoisotopic (exact) mass is 389 g/mol. The molecular formula is C20H20ClNO3S. The number of amides is 1. The Labute approximate surface area is 162 Å². The maximum absolute atomic E-state index is 13.3. The lowest BCUT2D eigenvalue weighted by molar-refractivity contribution is -0.147. The molecule has 136 valence electrons. The Balaban J connectivity index is 2.01. The number of thioether (sulfide) groups is 1. The maximum Gasteiger partial charge on any atom is 0.329 e. The summed E-state index contributed by atoms with van der Waals surface area (Å²) in [6, 6.07) is 14.2. The zero-order valence-corrected chi connectivity index (χ0v) is 16.2. The summed E-state index contributed by atoms with van der Waals surface area (Å²) in [4.78, 5) is 27.4. The van der Waals surface area contributed by atoms with Gasteiger partial charge in [-0.05, 0) is 43.2 Å². The van der Waals surface area contributed by atoms with E-state index in [1.807, 2.05) is 43.3 Å². The van der Waals surface area contributed by atoms with Gasteiger partial charge in [0.2, 0.25) is 0 Å². The second-order valence-corrected chi connectivity index (χ2v) is 7.59. The summed E-state index contributed by atoms with van der Waals surface area (Å²) < 4.78 is 5.21. The summed E-state index contributed by atoms with van der Waals surface area (Å²) >= 11 is 7.69. The third-order valence-electron chi connectivity index (χ3n) is 4.30. The van der Waals surface area contributed by atoms with E-state index in [9.17, 15) is 9.59 Å². The van der Waals surface area contributed by atoms with E-state index >= 15 is 0 Å². The van der Waals surface area contributed by atoms with Gasteiger partial charge in [0.15, 0.2) is 0 Å². The average Bonchev–Trinajstić information content (AvgIpc) is 3.07. The van der Waals surface area contributed by atoms with Crippen LogP contribution in [0.15, 0.2) is 48.5 Å². The van der Waals surface area contributed by atoms with Gasteiger partial charge in [0.05, 0.1) is 6.61 Å². The van der Waals surface area contributed by atoms with Crippen LogP contribution < -0.4 is 0 Å². The molecule has 0 radical (unpaired) electrons. The van der Waals surface area contributed by atoms with Crippen LogP contribution in [0.4, 0.5) is 0 Å². The van der Waals surface area contributed by atoms with Crippen LogP contribution in [-0.2, 0) is 9.53 Å². The van der Waals surface area contributed by atoms with Crippen LogP contribution in [0.1, 0.15) is 33.8 Å². The number of esters is 1. The van der Waals surface area contributed by atoms with Crippen molar-refractivity contribution < 1.29 is 14.3 Å². The summed E-state index contributed by atoms with van der Waals surface area (Å²) in [5, 5.41) is 0.321. The van der Waals surface area contributed by atoms with Gasteiger partial charge in [0.1, 0.15) is 11.4 Å². The van der Waals surface area contributed by atoms with Gasteiger partial charge in [-0.15, -0.1) is 11.8 Å². The van der Waals surface area contributed by atoms with Crippen LogP contribution in [0, 0.1) is 6.92 Å². The second-order valence-electron chi connectivity index (χ2n) is 6.04. The molecule has 2 atom stereocenters. The maximum atomic E-state index is 13.3. The minimum Gasteiger partial charge on any atom is -0.464 e. The standard InChI is InChI=1S/C20H20ClNO3S/c1-3-25-20(24)17-12-26-19(14-8-6-9-15(21)11-14)22(17)18(23)16-10-5-4-7-13(16)2/h4-11,17,19H,3,12H2,1-2H3. The van der Waals surface area contributed by atoms with Crippen LogP contribution >= 0.6 is 23.4 Å². The molecule has 1 heterocycles. The number of rotatable bonds is 4. The number of hydrogen-bond donors (Lipinski definition) is 0. The number of halogens is 1. The second kappa shape index (κ2) is 8.14. The van der Waals surface area contributed by atoms with E-state index in [4.69, 9.17) is 16.3 Å².